The summed E-state index contributed by atoms with van der Waals surface area (Å²) in [5, 5.41) is 5.34. The molecule has 2 aromatic heterocycles. The molecule has 1 aliphatic rings. The number of pyridine rings is 1. The van der Waals surface area contributed by atoms with Gasteiger partial charge in [-0.1, -0.05) is 6.07 Å². The Hall–Kier alpha value is -2.95. The molecule has 0 spiro atoms. The molecule has 3 aromatic rings. The fraction of sp³-hybridized carbons (Fsp3) is 0.211. The summed E-state index contributed by atoms with van der Waals surface area (Å²) in [7, 11) is 0. The molecule has 3 heterocycles. The number of carbonyl (C=O) groups excluding carboxylic acids is 1. The number of aromatic amines is 1. The number of hydrazone groups is 1. The van der Waals surface area contributed by atoms with Crippen LogP contribution in [0.3, 0.4) is 0 Å². The minimum Gasteiger partial charge on any atom is -0.355 e. The van der Waals surface area contributed by atoms with Crippen LogP contribution >= 0.6 is 0 Å². The first-order chi connectivity index (χ1) is 11.8. The van der Waals surface area contributed by atoms with Gasteiger partial charge in [0, 0.05) is 46.7 Å². The van der Waals surface area contributed by atoms with Gasteiger partial charge in [0.05, 0.1) is 0 Å². The van der Waals surface area contributed by atoms with Crippen molar-refractivity contribution < 1.29 is 4.79 Å². The smallest absolute Gasteiger partial charge is 0.240 e. The van der Waals surface area contributed by atoms with Crippen molar-refractivity contribution >= 4 is 22.5 Å². The van der Waals surface area contributed by atoms with Crippen LogP contribution in [0.5, 0.6) is 0 Å². The zero-order valence-electron chi connectivity index (χ0n) is 13.2. The van der Waals surface area contributed by atoms with E-state index in [1.165, 1.54) is 10.9 Å². The maximum atomic E-state index is 11.1. The van der Waals surface area contributed by atoms with Crippen LogP contribution in [0, 0.1) is 0 Å². The number of aromatic nitrogens is 2. The number of carbonyl (C=O) groups is 1. The highest BCUT2D eigenvalue weighted by Gasteiger charge is 2.11. The van der Waals surface area contributed by atoms with Crippen LogP contribution in [0.1, 0.15) is 24.8 Å². The SMILES string of the molecule is O=C1CCC(CCc2ccc3[nH]c(-c4ccncc4)cc3c2)=NN1. The lowest BCUT2D eigenvalue weighted by Gasteiger charge is -2.11. The Morgan fingerprint density at radius 1 is 1.00 bits per heavy atom. The highest BCUT2D eigenvalue weighted by atomic mass is 16.2. The van der Waals surface area contributed by atoms with Crippen LogP contribution in [0.25, 0.3) is 22.2 Å². The van der Waals surface area contributed by atoms with Gasteiger partial charge in [0.25, 0.3) is 0 Å². The zero-order valence-corrected chi connectivity index (χ0v) is 13.2. The predicted molar refractivity (Wildman–Crippen MR) is 94.7 cm³/mol. The molecule has 24 heavy (non-hydrogen) atoms. The third kappa shape index (κ3) is 3.06. The van der Waals surface area contributed by atoms with E-state index in [9.17, 15) is 4.79 Å². The second-order valence-electron chi connectivity index (χ2n) is 6.05. The molecule has 2 N–H and O–H groups in total. The third-order valence-electron chi connectivity index (χ3n) is 4.36. The Kier molecular flexibility index (Phi) is 3.83. The maximum Gasteiger partial charge on any atom is 0.240 e. The molecular weight excluding hydrogens is 300 g/mol. The summed E-state index contributed by atoms with van der Waals surface area (Å²) in [6.45, 7) is 0. The van der Waals surface area contributed by atoms with Gasteiger partial charge in [-0.05, 0) is 55.2 Å². The third-order valence-corrected chi connectivity index (χ3v) is 4.36. The normalized spacial score (nSPS) is 14.5. The maximum absolute atomic E-state index is 11.1. The van der Waals surface area contributed by atoms with Crippen molar-refractivity contribution in [3.05, 3.63) is 54.4 Å². The van der Waals surface area contributed by atoms with Gasteiger partial charge in [0.15, 0.2) is 0 Å². The minimum absolute atomic E-state index is 0.0103. The Morgan fingerprint density at radius 3 is 2.67 bits per heavy atom. The molecule has 0 radical (unpaired) electrons. The van der Waals surface area contributed by atoms with E-state index in [1.807, 2.05) is 12.1 Å². The molecule has 0 bridgehead atoms. The molecule has 1 aliphatic heterocycles. The topological polar surface area (TPSA) is 70.1 Å². The van der Waals surface area contributed by atoms with E-state index in [0.29, 0.717) is 6.42 Å². The lowest BCUT2D eigenvalue weighted by atomic mass is 10.0. The van der Waals surface area contributed by atoms with Crippen molar-refractivity contribution in [2.75, 3.05) is 0 Å². The summed E-state index contributed by atoms with van der Waals surface area (Å²) in [5.41, 5.74) is 8.28. The van der Waals surface area contributed by atoms with Gasteiger partial charge in [0.1, 0.15) is 0 Å². The average Bonchev–Trinajstić information content (AvgIpc) is 3.05. The summed E-state index contributed by atoms with van der Waals surface area (Å²) in [6, 6.07) is 12.7. The van der Waals surface area contributed by atoms with Crippen LogP contribution in [-0.2, 0) is 11.2 Å². The molecular formula is C19H18N4O. The molecule has 0 saturated heterocycles. The molecule has 0 aliphatic carbocycles. The molecule has 1 aromatic carbocycles. The number of nitrogens with one attached hydrogen (secondary N) is 2. The highest BCUT2D eigenvalue weighted by Crippen LogP contribution is 2.25. The van der Waals surface area contributed by atoms with Crippen molar-refractivity contribution in [2.45, 2.75) is 25.7 Å². The van der Waals surface area contributed by atoms with E-state index in [2.05, 4.69) is 44.8 Å². The van der Waals surface area contributed by atoms with Gasteiger partial charge in [-0.3, -0.25) is 9.78 Å². The van der Waals surface area contributed by atoms with Gasteiger partial charge < -0.3 is 4.98 Å². The number of aryl methyl sites for hydroxylation is 1. The number of nitrogens with zero attached hydrogens (tertiary/aromatic N) is 2. The summed E-state index contributed by atoms with van der Waals surface area (Å²) >= 11 is 0. The predicted octanol–water partition coefficient (Wildman–Crippen LogP) is 3.43. The van der Waals surface area contributed by atoms with Crippen molar-refractivity contribution in [3.63, 3.8) is 0 Å². The average molecular weight is 318 g/mol. The molecule has 0 saturated carbocycles. The van der Waals surface area contributed by atoms with E-state index < -0.39 is 0 Å². The van der Waals surface area contributed by atoms with Crippen LogP contribution in [0.15, 0.2) is 53.9 Å². The van der Waals surface area contributed by atoms with Crippen LogP contribution in [0.4, 0.5) is 0 Å². The molecule has 5 nitrogen and oxygen atoms in total. The Bertz CT molecular complexity index is 912. The lowest BCUT2D eigenvalue weighted by Crippen LogP contribution is -2.25. The zero-order chi connectivity index (χ0) is 16.4. The summed E-state index contributed by atoms with van der Waals surface area (Å²) in [5.74, 6) is 0.0103. The quantitative estimate of drug-likeness (QED) is 0.773. The molecule has 1 amide bonds. The van der Waals surface area contributed by atoms with E-state index >= 15 is 0 Å². The first kappa shape index (κ1) is 14.6. The largest absolute Gasteiger partial charge is 0.355 e. The number of H-pyrrole nitrogens is 1. The molecule has 4 rings (SSSR count). The second-order valence-corrected chi connectivity index (χ2v) is 6.05. The number of fused-ring (bicyclic) bond motifs is 1. The summed E-state index contributed by atoms with van der Waals surface area (Å²) in [6.07, 6.45) is 6.73. The van der Waals surface area contributed by atoms with Crippen LogP contribution in [0.2, 0.25) is 0 Å². The number of hydrogen-bond acceptors (Lipinski definition) is 3. The van der Waals surface area contributed by atoms with Gasteiger partial charge >= 0.3 is 0 Å². The van der Waals surface area contributed by atoms with Crippen molar-refractivity contribution in [3.8, 4) is 11.3 Å². The fourth-order valence-electron chi connectivity index (χ4n) is 3.01. The lowest BCUT2D eigenvalue weighted by molar-refractivity contribution is -0.121. The van der Waals surface area contributed by atoms with Gasteiger partial charge in [0.2, 0.25) is 5.91 Å². The second kappa shape index (κ2) is 6.28. The minimum atomic E-state index is 0.0103. The fourth-order valence-corrected chi connectivity index (χ4v) is 3.01. The van der Waals surface area contributed by atoms with Crippen molar-refractivity contribution in [1.29, 1.82) is 0 Å². The van der Waals surface area contributed by atoms with Crippen molar-refractivity contribution in [1.82, 2.24) is 15.4 Å². The molecule has 0 atom stereocenters. The number of amides is 1. The molecule has 0 fully saturated rings. The summed E-state index contributed by atoms with van der Waals surface area (Å²) in [4.78, 5) is 18.6. The first-order valence-corrected chi connectivity index (χ1v) is 8.14. The number of hydrogen-bond donors (Lipinski definition) is 2. The Balaban J connectivity index is 1.52. The van der Waals surface area contributed by atoms with E-state index in [4.69, 9.17) is 0 Å². The van der Waals surface area contributed by atoms with E-state index in [-0.39, 0.29) is 5.91 Å². The monoisotopic (exact) mass is 318 g/mol. The first-order valence-electron chi connectivity index (χ1n) is 8.14. The van der Waals surface area contributed by atoms with Gasteiger partial charge in [-0.25, -0.2) is 5.43 Å². The molecule has 5 heteroatoms. The van der Waals surface area contributed by atoms with E-state index in [0.717, 1.165) is 41.7 Å². The van der Waals surface area contributed by atoms with Gasteiger partial charge in [-0.2, -0.15) is 5.10 Å². The van der Waals surface area contributed by atoms with Crippen molar-refractivity contribution in [2.24, 2.45) is 5.10 Å². The molecule has 120 valence electrons. The van der Waals surface area contributed by atoms with Gasteiger partial charge in [-0.15, -0.1) is 0 Å². The van der Waals surface area contributed by atoms with E-state index in [1.54, 1.807) is 12.4 Å². The molecule has 0 unspecified atom stereocenters. The summed E-state index contributed by atoms with van der Waals surface area (Å²) < 4.78 is 0. The highest BCUT2D eigenvalue weighted by molar-refractivity contribution is 5.92. The number of benzene rings is 1. The van der Waals surface area contributed by atoms with Crippen LogP contribution in [-0.4, -0.2) is 21.6 Å². The Labute approximate surface area is 139 Å². The number of rotatable bonds is 4. The Morgan fingerprint density at radius 2 is 1.88 bits per heavy atom. The standard InChI is InChI=1S/C19H18N4O/c24-19-6-4-16(22-23-19)3-1-13-2-5-17-15(11-13)12-18(21-17)14-7-9-20-10-8-14/h2,5,7-12,21H,1,3-4,6H2,(H,23,24). The van der Waals surface area contributed by atoms with Crippen LogP contribution < -0.4 is 5.43 Å².